The van der Waals surface area contributed by atoms with E-state index in [1.165, 1.54) is 99.1 Å². The molecule has 0 heterocycles. The van der Waals surface area contributed by atoms with E-state index >= 15 is 0 Å². The van der Waals surface area contributed by atoms with E-state index < -0.39 is 0 Å². The van der Waals surface area contributed by atoms with E-state index in [1.807, 2.05) is 0 Å². The molecule has 0 N–H and O–H groups in total. The summed E-state index contributed by atoms with van der Waals surface area (Å²) >= 11 is 0. The van der Waals surface area contributed by atoms with Crippen molar-refractivity contribution < 1.29 is 0 Å². The topological polar surface area (TPSA) is 6.48 Å². The lowest BCUT2D eigenvalue weighted by molar-refractivity contribution is 0.644. The molecule has 14 rings (SSSR count). The molecule has 0 aromatic heterocycles. The molecule has 0 amide bonds. The van der Waals surface area contributed by atoms with E-state index in [2.05, 4.69) is 280 Å². The quantitative estimate of drug-likeness (QED) is 0.140. The number of hydrogen-bond acceptors (Lipinski definition) is 2. The Morgan fingerprint density at radius 2 is 0.556 bits per heavy atom. The van der Waals surface area contributed by atoms with Crippen LogP contribution in [0.25, 0.3) is 76.8 Å². The van der Waals surface area contributed by atoms with Crippen LogP contribution in [0, 0.1) is 0 Å². The number of fused-ring (bicyclic) bond motifs is 4. The van der Waals surface area contributed by atoms with Gasteiger partial charge in [-0.05, 0) is 184 Å². The second-order valence-electron chi connectivity index (χ2n) is 20.9. The molecule has 12 aromatic rings. The van der Waals surface area contributed by atoms with Gasteiger partial charge in [-0.1, -0.05) is 185 Å². The molecule has 2 aliphatic carbocycles. The Bertz CT molecular complexity index is 3780. The van der Waals surface area contributed by atoms with Gasteiger partial charge in [0.1, 0.15) is 0 Å². The third kappa shape index (κ3) is 6.35. The summed E-state index contributed by atoms with van der Waals surface area (Å²) in [6.45, 7) is 9.72. The Balaban J connectivity index is 0.905. The van der Waals surface area contributed by atoms with E-state index in [4.69, 9.17) is 0 Å². The minimum Gasteiger partial charge on any atom is -0.310 e. The maximum atomic E-state index is 2.51. The fourth-order valence-electron chi connectivity index (χ4n) is 12.6. The lowest BCUT2D eigenvalue weighted by Gasteiger charge is -2.39. The zero-order chi connectivity index (χ0) is 48.3. The maximum absolute atomic E-state index is 2.51. The highest BCUT2D eigenvalue weighted by Crippen LogP contribution is 2.58. The molecule has 0 radical (unpaired) electrons. The summed E-state index contributed by atoms with van der Waals surface area (Å²) in [7, 11) is 0. The van der Waals surface area contributed by atoms with Crippen molar-refractivity contribution in [2.75, 3.05) is 9.80 Å². The van der Waals surface area contributed by atoms with Crippen LogP contribution in [0.1, 0.15) is 49.9 Å². The lowest BCUT2D eigenvalue weighted by Crippen LogP contribution is -2.25. The average molecular weight is 921 g/mol. The highest BCUT2D eigenvalue weighted by atomic mass is 15.1. The summed E-state index contributed by atoms with van der Waals surface area (Å²) in [6, 6.07) is 90.0. The lowest BCUT2D eigenvalue weighted by atomic mass is 9.65. The Hall–Kier alpha value is -8.72. The molecule has 0 bridgehead atoms. The van der Waals surface area contributed by atoms with Crippen molar-refractivity contribution in [3.05, 3.63) is 265 Å². The van der Waals surface area contributed by atoms with Gasteiger partial charge in [-0.2, -0.15) is 0 Å². The first kappa shape index (κ1) is 42.2. The Kier molecular flexibility index (Phi) is 9.32. The molecule has 0 saturated heterocycles. The van der Waals surface area contributed by atoms with Gasteiger partial charge in [-0.25, -0.2) is 0 Å². The molecule has 2 aliphatic rings. The van der Waals surface area contributed by atoms with Gasteiger partial charge in [-0.3, -0.25) is 0 Å². The number of para-hydroxylation sites is 2. The third-order valence-corrected chi connectivity index (χ3v) is 16.2. The standard InChI is InChI=1S/C70H52N2/c1-69(2)61-39-29-49-42-60-58-38-36-56(72(52-23-15-8-16-24-52)54-33-27-48(28-34-54)46-19-11-6-12-20-46)44-64(58)70(3,4)62-40-30-50-41-59(67(61)65(49)66(50)68(60)62)57-37-35-55(43-63(57)69)71(51-21-13-7-14-22-51)53-31-25-47(26-32-53)45-17-9-5-10-18-45/h5-44H,1-4H3. The summed E-state index contributed by atoms with van der Waals surface area (Å²) in [5, 5.41) is 8.15. The van der Waals surface area contributed by atoms with Crippen LogP contribution in [-0.2, 0) is 10.8 Å². The van der Waals surface area contributed by atoms with Gasteiger partial charge in [0.2, 0.25) is 0 Å². The highest BCUT2D eigenvalue weighted by molar-refractivity contribution is 6.31. The van der Waals surface area contributed by atoms with Crippen molar-refractivity contribution in [1.29, 1.82) is 0 Å². The van der Waals surface area contributed by atoms with Gasteiger partial charge in [0.25, 0.3) is 0 Å². The number of benzene rings is 12. The molecule has 72 heavy (non-hydrogen) atoms. The maximum Gasteiger partial charge on any atom is 0.0465 e. The minimum atomic E-state index is -0.266. The van der Waals surface area contributed by atoms with Crippen molar-refractivity contribution >= 4 is 66.4 Å². The van der Waals surface area contributed by atoms with Gasteiger partial charge < -0.3 is 9.80 Å². The molecular weight excluding hydrogens is 869 g/mol. The van der Waals surface area contributed by atoms with Crippen molar-refractivity contribution in [2.24, 2.45) is 0 Å². The molecule has 0 spiro atoms. The first-order valence-electron chi connectivity index (χ1n) is 25.3. The molecule has 2 nitrogen and oxygen atoms in total. The van der Waals surface area contributed by atoms with Crippen molar-refractivity contribution in [1.82, 2.24) is 0 Å². The number of nitrogens with zero attached hydrogens (tertiary/aromatic N) is 2. The highest BCUT2D eigenvalue weighted by Gasteiger charge is 2.39. The largest absolute Gasteiger partial charge is 0.310 e. The monoisotopic (exact) mass is 920 g/mol. The first-order chi connectivity index (χ1) is 35.2. The van der Waals surface area contributed by atoms with Gasteiger partial charge in [-0.15, -0.1) is 0 Å². The van der Waals surface area contributed by atoms with Crippen molar-refractivity contribution in [3.8, 4) is 44.5 Å². The van der Waals surface area contributed by atoms with E-state index in [0.29, 0.717) is 0 Å². The van der Waals surface area contributed by atoms with Gasteiger partial charge >= 0.3 is 0 Å². The molecule has 0 fully saturated rings. The average Bonchev–Trinajstić information content (AvgIpc) is 3.43. The van der Waals surface area contributed by atoms with Crippen LogP contribution >= 0.6 is 0 Å². The van der Waals surface area contributed by atoms with Gasteiger partial charge in [0, 0.05) is 45.0 Å². The first-order valence-corrected chi connectivity index (χ1v) is 25.3. The summed E-state index contributed by atoms with van der Waals surface area (Å²) in [4.78, 5) is 4.81. The zero-order valence-electron chi connectivity index (χ0n) is 41.0. The molecule has 0 saturated carbocycles. The number of anilines is 6. The summed E-state index contributed by atoms with van der Waals surface area (Å²) in [6.07, 6.45) is 0. The van der Waals surface area contributed by atoms with Gasteiger partial charge in [0.15, 0.2) is 0 Å². The predicted octanol–water partition coefficient (Wildman–Crippen LogP) is 19.5. The molecule has 12 aromatic carbocycles. The minimum absolute atomic E-state index is 0.266. The second kappa shape index (κ2) is 15.9. The molecule has 2 heteroatoms. The Morgan fingerprint density at radius 1 is 0.236 bits per heavy atom. The molecule has 0 unspecified atom stereocenters. The SMILES string of the molecule is CC1(C)c2cc(N(c3ccccc3)c3ccc(-c4ccccc4)cc3)ccc2-c2cc3ccc4c5c(cc6ccc1c2c6c35)-c1ccc(N(c2ccccc2)c2ccc(-c3ccccc3)cc2)cc1C4(C)C. The van der Waals surface area contributed by atoms with Crippen molar-refractivity contribution in [3.63, 3.8) is 0 Å². The van der Waals surface area contributed by atoms with Crippen molar-refractivity contribution in [2.45, 2.75) is 38.5 Å². The fourth-order valence-corrected chi connectivity index (χ4v) is 12.6. The van der Waals surface area contributed by atoms with Crippen LogP contribution < -0.4 is 9.80 Å². The van der Waals surface area contributed by atoms with E-state index in [-0.39, 0.29) is 10.8 Å². The van der Waals surface area contributed by atoms with Crippen LogP contribution in [0.2, 0.25) is 0 Å². The summed E-state index contributed by atoms with van der Waals surface area (Å²) < 4.78 is 0. The number of rotatable bonds is 8. The van der Waals surface area contributed by atoms with Crippen LogP contribution in [0.4, 0.5) is 34.1 Å². The molecular formula is C70H52N2. The number of hydrogen-bond donors (Lipinski definition) is 0. The normalized spacial score (nSPS) is 13.8. The fraction of sp³-hybridized carbons (Fsp3) is 0.0857. The van der Waals surface area contributed by atoms with E-state index in [1.54, 1.807) is 0 Å². The molecule has 342 valence electrons. The van der Waals surface area contributed by atoms with Crippen LogP contribution in [0.3, 0.4) is 0 Å². The van der Waals surface area contributed by atoms with Crippen LogP contribution in [0.15, 0.2) is 243 Å². The molecule has 0 aliphatic heterocycles. The summed E-state index contributed by atoms with van der Waals surface area (Å²) in [5.41, 5.74) is 21.9. The van der Waals surface area contributed by atoms with E-state index in [0.717, 1.165) is 34.1 Å². The van der Waals surface area contributed by atoms with Crippen LogP contribution in [-0.4, -0.2) is 0 Å². The Morgan fingerprint density at radius 3 is 0.931 bits per heavy atom. The van der Waals surface area contributed by atoms with Crippen LogP contribution in [0.5, 0.6) is 0 Å². The molecule has 0 atom stereocenters. The smallest absolute Gasteiger partial charge is 0.0465 e. The zero-order valence-corrected chi connectivity index (χ0v) is 41.0. The summed E-state index contributed by atoms with van der Waals surface area (Å²) in [5.74, 6) is 0. The van der Waals surface area contributed by atoms with E-state index in [9.17, 15) is 0 Å². The Labute approximate surface area is 422 Å². The predicted molar refractivity (Wildman–Crippen MR) is 306 cm³/mol. The third-order valence-electron chi connectivity index (χ3n) is 16.2. The second-order valence-corrected chi connectivity index (χ2v) is 20.9. The van der Waals surface area contributed by atoms with Gasteiger partial charge in [0.05, 0.1) is 0 Å².